The molecule has 0 aliphatic rings. The molecule has 8 heteroatoms. The van der Waals surface area contributed by atoms with E-state index in [4.69, 9.17) is 20.6 Å². The van der Waals surface area contributed by atoms with Crippen molar-refractivity contribution in [2.24, 2.45) is 0 Å². The molecule has 0 saturated heterocycles. The van der Waals surface area contributed by atoms with Crippen molar-refractivity contribution in [3.8, 4) is 6.07 Å². The van der Waals surface area contributed by atoms with E-state index in [1.165, 1.54) is 0 Å². The van der Waals surface area contributed by atoms with Gasteiger partial charge in [0.25, 0.3) is 0 Å². The highest BCUT2D eigenvalue weighted by Crippen LogP contribution is 2.16. The predicted octanol–water partition coefficient (Wildman–Crippen LogP) is -4.33. The lowest BCUT2D eigenvalue weighted by atomic mass is 9.90. The van der Waals surface area contributed by atoms with Crippen molar-refractivity contribution in [3.05, 3.63) is 0 Å². The molecule has 8 nitrogen and oxygen atoms in total. The van der Waals surface area contributed by atoms with Gasteiger partial charge in [-0.3, -0.25) is 0 Å². The van der Waals surface area contributed by atoms with Crippen molar-refractivity contribution in [1.82, 2.24) is 0 Å². The summed E-state index contributed by atoms with van der Waals surface area (Å²) in [6.45, 7) is -2.04. The van der Waals surface area contributed by atoms with Crippen molar-refractivity contribution in [2.45, 2.75) is 30.0 Å². The van der Waals surface area contributed by atoms with Gasteiger partial charge in [0.15, 0.2) is 0 Å². The number of hydrogen-bond donors (Lipinski definition) is 7. The first-order valence-electron chi connectivity index (χ1n) is 4.41. The van der Waals surface area contributed by atoms with Crippen molar-refractivity contribution in [2.75, 3.05) is 13.2 Å². The molecular weight excluding hydrogens is 222 g/mol. The molecule has 0 bridgehead atoms. The third-order valence-electron chi connectivity index (χ3n) is 2.18. The topological polar surface area (TPSA) is 165 Å². The Morgan fingerprint density at radius 3 is 1.88 bits per heavy atom. The van der Waals surface area contributed by atoms with E-state index in [0.717, 1.165) is 6.07 Å². The number of nitrogens with zero attached hydrogens (tertiary/aromatic N) is 1. The first-order chi connectivity index (χ1) is 7.33. The van der Waals surface area contributed by atoms with Gasteiger partial charge in [0.1, 0.15) is 30.5 Å². The van der Waals surface area contributed by atoms with E-state index in [1.807, 2.05) is 0 Å². The lowest BCUT2D eigenvalue weighted by Gasteiger charge is -2.31. The van der Waals surface area contributed by atoms with Gasteiger partial charge in [-0.15, -0.1) is 0 Å². The van der Waals surface area contributed by atoms with Crippen LogP contribution in [0.15, 0.2) is 0 Å². The Hall–Kier alpha value is -0.790. The smallest absolute Gasteiger partial charge is 0.202 e. The summed E-state index contributed by atoms with van der Waals surface area (Å²) in [4.78, 5) is 0. The van der Waals surface area contributed by atoms with E-state index in [1.54, 1.807) is 0 Å². The van der Waals surface area contributed by atoms with Crippen LogP contribution in [0.25, 0.3) is 0 Å². The maximum atomic E-state index is 9.32. The minimum atomic E-state index is -2.66. The predicted molar refractivity (Wildman–Crippen MR) is 48.8 cm³/mol. The van der Waals surface area contributed by atoms with Crippen molar-refractivity contribution in [3.63, 3.8) is 0 Å². The number of rotatable bonds is 6. The van der Waals surface area contributed by atoms with Crippen LogP contribution in [-0.2, 0) is 0 Å². The summed E-state index contributed by atoms with van der Waals surface area (Å²) in [6.07, 6.45) is -8.00. The molecule has 0 aliphatic carbocycles. The Labute approximate surface area is 91.2 Å². The molecule has 94 valence electrons. The van der Waals surface area contributed by atoms with Crippen LogP contribution >= 0.6 is 0 Å². The second-order valence-electron chi connectivity index (χ2n) is 3.37. The molecule has 0 radical (unpaired) electrons. The Kier molecular flexibility index (Phi) is 5.77. The Morgan fingerprint density at radius 1 is 1.06 bits per heavy atom. The lowest BCUT2D eigenvalue weighted by Crippen LogP contribution is -2.56. The van der Waals surface area contributed by atoms with Crippen LogP contribution in [-0.4, -0.2) is 79.0 Å². The molecule has 7 N–H and O–H groups in total. The minimum Gasteiger partial charge on any atom is -0.394 e. The number of hydrogen-bond acceptors (Lipinski definition) is 8. The van der Waals surface area contributed by atoms with E-state index >= 15 is 0 Å². The molecule has 0 fully saturated rings. The molecule has 0 spiro atoms. The zero-order chi connectivity index (χ0) is 12.9. The van der Waals surface area contributed by atoms with Crippen molar-refractivity contribution < 1.29 is 35.7 Å². The Bertz CT molecular complexity index is 255. The molecule has 0 saturated carbocycles. The van der Waals surface area contributed by atoms with Gasteiger partial charge in [0.05, 0.1) is 13.2 Å². The standard InChI is InChI=1S/C8H15NO7/c9-2-8(16,3-11)7(15)6(14)5(13)4(12)1-10/h4-7,10-16H,1,3H2/t4-,5-,6+,7+,8+/m1/s1. The van der Waals surface area contributed by atoms with Crippen LogP contribution in [0, 0.1) is 11.3 Å². The van der Waals surface area contributed by atoms with Crippen LogP contribution in [0.4, 0.5) is 0 Å². The molecule has 0 aromatic heterocycles. The van der Waals surface area contributed by atoms with Crippen LogP contribution in [0.5, 0.6) is 0 Å². The molecule has 0 aromatic carbocycles. The van der Waals surface area contributed by atoms with Crippen LogP contribution in [0.3, 0.4) is 0 Å². The van der Waals surface area contributed by atoms with Gasteiger partial charge >= 0.3 is 0 Å². The second-order valence-corrected chi connectivity index (χ2v) is 3.37. The molecule has 0 heterocycles. The van der Waals surface area contributed by atoms with E-state index < -0.39 is 43.2 Å². The minimum absolute atomic E-state index is 0.880. The fourth-order valence-electron chi connectivity index (χ4n) is 1.000. The lowest BCUT2D eigenvalue weighted by molar-refractivity contribution is -0.165. The van der Waals surface area contributed by atoms with Gasteiger partial charge in [0.2, 0.25) is 5.60 Å². The first-order valence-corrected chi connectivity index (χ1v) is 4.41. The molecule has 0 aliphatic heterocycles. The van der Waals surface area contributed by atoms with E-state index in [2.05, 4.69) is 0 Å². The Balaban J connectivity index is 4.73. The van der Waals surface area contributed by atoms with E-state index in [0.29, 0.717) is 0 Å². The molecule has 0 rings (SSSR count). The third kappa shape index (κ3) is 3.10. The van der Waals surface area contributed by atoms with Crippen molar-refractivity contribution >= 4 is 0 Å². The van der Waals surface area contributed by atoms with E-state index in [-0.39, 0.29) is 0 Å². The monoisotopic (exact) mass is 237 g/mol. The summed E-state index contributed by atoms with van der Waals surface area (Å²) < 4.78 is 0. The zero-order valence-corrected chi connectivity index (χ0v) is 8.30. The quantitative estimate of drug-likeness (QED) is 0.228. The summed E-state index contributed by atoms with van der Waals surface area (Å²) in [5.41, 5.74) is -2.66. The number of aliphatic hydroxyl groups is 7. The van der Waals surface area contributed by atoms with Gasteiger partial charge in [0, 0.05) is 0 Å². The fourth-order valence-corrected chi connectivity index (χ4v) is 1.000. The molecular formula is C8H15NO7. The zero-order valence-electron chi connectivity index (χ0n) is 8.30. The largest absolute Gasteiger partial charge is 0.394 e. The van der Waals surface area contributed by atoms with Crippen LogP contribution < -0.4 is 0 Å². The van der Waals surface area contributed by atoms with Crippen LogP contribution in [0.2, 0.25) is 0 Å². The second kappa shape index (κ2) is 6.07. The molecule has 0 amide bonds. The summed E-state index contributed by atoms with van der Waals surface area (Å²) >= 11 is 0. The Morgan fingerprint density at radius 2 is 1.56 bits per heavy atom. The number of aliphatic hydroxyl groups excluding tert-OH is 6. The van der Waals surface area contributed by atoms with Gasteiger partial charge in [-0.25, -0.2) is 0 Å². The van der Waals surface area contributed by atoms with Crippen molar-refractivity contribution in [1.29, 1.82) is 5.26 Å². The summed E-state index contributed by atoms with van der Waals surface area (Å²) in [7, 11) is 0. The van der Waals surface area contributed by atoms with Gasteiger partial charge in [-0.1, -0.05) is 0 Å². The SMILES string of the molecule is N#C[C@](O)(CO)[C@@H](O)[C@@H](O)[C@H](O)[C@H](O)CO. The molecule has 0 aromatic rings. The van der Waals surface area contributed by atoms with Gasteiger partial charge in [-0.05, 0) is 0 Å². The highest BCUT2D eigenvalue weighted by molar-refractivity contribution is 5.08. The summed E-state index contributed by atoms with van der Waals surface area (Å²) in [5.74, 6) is 0. The maximum Gasteiger partial charge on any atom is 0.202 e. The van der Waals surface area contributed by atoms with Crippen LogP contribution in [0.1, 0.15) is 0 Å². The normalized spacial score (nSPS) is 22.6. The van der Waals surface area contributed by atoms with Gasteiger partial charge < -0.3 is 35.7 Å². The van der Waals surface area contributed by atoms with E-state index in [9.17, 15) is 20.4 Å². The van der Waals surface area contributed by atoms with Gasteiger partial charge in [-0.2, -0.15) is 5.26 Å². The molecule has 16 heavy (non-hydrogen) atoms. The highest BCUT2D eigenvalue weighted by atomic mass is 16.4. The number of nitriles is 1. The summed E-state index contributed by atoms with van der Waals surface area (Å²) in [5, 5.41) is 71.6. The maximum absolute atomic E-state index is 9.32. The summed E-state index contributed by atoms with van der Waals surface area (Å²) in [6, 6.07) is 1.16. The molecule has 0 unspecified atom stereocenters. The first kappa shape index (κ1) is 15.2. The third-order valence-corrected chi connectivity index (χ3v) is 2.18. The average molecular weight is 237 g/mol. The molecule has 5 atom stereocenters. The fraction of sp³-hybridized carbons (Fsp3) is 0.875. The highest BCUT2D eigenvalue weighted by Gasteiger charge is 2.44. The average Bonchev–Trinajstić information content (AvgIpc) is 2.33.